The molecule has 98 valence electrons. The fraction of sp³-hybridized carbons (Fsp3) is 0. The number of nitrogens with zero attached hydrogens (tertiary/aromatic N) is 4. The molecule has 5 nitrogen and oxygen atoms in total. The van der Waals surface area contributed by atoms with Crippen molar-refractivity contribution in [3.63, 3.8) is 0 Å². The molecule has 0 aliphatic carbocycles. The average molecular weight is 264 g/mol. The molecule has 0 fully saturated rings. The molecule has 2 aromatic carbocycles. The molecule has 0 amide bonds. The highest BCUT2D eigenvalue weighted by Gasteiger charge is 1.96. The van der Waals surface area contributed by atoms with Crippen molar-refractivity contribution in [1.29, 1.82) is 0 Å². The van der Waals surface area contributed by atoms with Crippen molar-refractivity contribution >= 4 is 6.21 Å². The van der Waals surface area contributed by atoms with Crippen molar-refractivity contribution in [2.75, 3.05) is 0 Å². The van der Waals surface area contributed by atoms with E-state index in [0.717, 1.165) is 17.1 Å². The van der Waals surface area contributed by atoms with Gasteiger partial charge in [-0.05, 0) is 42.0 Å². The maximum Gasteiger partial charge on any atom is 0.141 e. The van der Waals surface area contributed by atoms with Gasteiger partial charge in [-0.15, -0.1) is 10.2 Å². The lowest BCUT2D eigenvalue weighted by atomic mass is 10.2. The van der Waals surface area contributed by atoms with Crippen LogP contribution in [0.4, 0.5) is 0 Å². The first-order valence-electron chi connectivity index (χ1n) is 6.12. The minimum Gasteiger partial charge on any atom is -0.457 e. The van der Waals surface area contributed by atoms with E-state index in [9.17, 15) is 0 Å². The SMILES string of the molecule is C(=N/n1cnnc1)/c1ccc(Oc2ccccc2)cc1. The second kappa shape index (κ2) is 5.79. The zero-order valence-electron chi connectivity index (χ0n) is 10.6. The van der Waals surface area contributed by atoms with Crippen molar-refractivity contribution in [3.05, 3.63) is 72.8 Å². The summed E-state index contributed by atoms with van der Waals surface area (Å²) in [5.41, 5.74) is 0.971. The summed E-state index contributed by atoms with van der Waals surface area (Å²) in [6.07, 6.45) is 4.79. The van der Waals surface area contributed by atoms with E-state index in [1.807, 2.05) is 54.6 Å². The van der Waals surface area contributed by atoms with E-state index >= 15 is 0 Å². The largest absolute Gasteiger partial charge is 0.457 e. The Kier molecular flexibility index (Phi) is 3.51. The summed E-state index contributed by atoms with van der Waals surface area (Å²) in [6.45, 7) is 0. The number of para-hydroxylation sites is 1. The first-order valence-corrected chi connectivity index (χ1v) is 6.12. The third kappa shape index (κ3) is 3.08. The van der Waals surface area contributed by atoms with Crippen molar-refractivity contribution in [2.24, 2.45) is 5.10 Å². The Hall–Kier alpha value is -2.95. The maximum absolute atomic E-state index is 5.71. The van der Waals surface area contributed by atoms with E-state index in [2.05, 4.69) is 15.3 Å². The standard InChI is InChI=1S/C15H12N4O/c1-2-4-14(5-3-1)20-15-8-6-13(7-9-15)10-18-19-11-16-17-12-19/h1-12H/b18-10-. The van der Waals surface area contributed by atoms with Crippen LogP contribution in [-0.2, 0) is 0 Å². The molecule has 3 rings (SSSR count). The number of hydrogen-bond acceptors (Lipinski definition) is 4. The van der Waals surface area contributed by atoms with Crippen molar-refractivity contribution in [3.8, 4) is 11.5 Å². The van der Waals surface area contributed by atoms with E-state index in [1.54, 1.807) is 6.21 Å². The van der Waals surface area contributed by atoms with Gasteiger partial charge in [0.2, 0.25) is 0 Å². The Morgan fingerprint density at radius 2 is 1.50 bits per heavy atom. The molecule has 0 saturated heterocycles. The van der Waals surface area contributed by atoms with Gasteiger partial charge in [0, 0.05) is 0 Å². The first kappa shape index (κ1) is 12.1. The third-order valence-electron chi connectivity index (χ3n) is 2.61. The van der Waals surface area contributed by atoms with Gasteiger partial charge in [0.05, 0.1) is 6.21 Å². The second-order valence-electron chi connectivity index (χ2n) is 4.07. The summed E-state index contributed by atoms with van der Waals surface area (Å²) in [5.74, 6) is 1.61. The summed E-state index contributed by atoms with van der Waals surface area (Å²) >= 11 is 0. The van der Waals surface area contributed by atoms with E-state index in [4.69, 9.17) is 4.74 Å². The molecule has 3 aromatic rings. The van der Waals surface area contributed by atoms with Gasteiger partial charge in [0.25, 0.3) is 0 Å². The quantitative estimate of drug-likeness (QED) is 0.681. The lowest BCUT2D eigenvalue weighted by molar-refractivity contribution is 0.482. The minimum atomic E-state index is 0.789. The average Bonchev–Trinajstić information content (AvgIpc) is 3.01. The number of ether oxygens (including phenoxy) is 1. The van der Waals surface area contributed by atoms with E-state index in [0.29, 0.717) is 0 Å². The number of rotatable bonds is 4. The van der Waals surface area contributed by atoms with Gasteiger partial charge in [-0.1, -0.05) is 18.2 Å². The topological polar surface area (TPSA) is 52.3 Å². The molecule has 0 saturated carbocycles. The van der Waals surface area contributed by atoms with Gasteiger partial charge in [0.15, 0.2) is 0 Å². The van der Waals surface area contributed by atoms with Gasteiger partial charge < -0.3 is 4.74 Å². The molecule has 0 bridgehead atoms. The predicted octanol–water partition coefficient (Wildman–Crippen LogP) is 2.95. The maximum atomic E-state index is 5.71. The Balaban J connectivity index is 1.68. The zero-order valence-corrected chi connectivity index (χ0v) is 10.6. The smallest absolute Gasteiger partial charge is 0.141 e. The van der Waals surface area contributed by atoms with Crippen LogP contribution in [0.5, 0.6) is 11.5 Å². The van der Waals surface area contributed by atoms with E-state index in [1.165, 1.54) is 17.3 Å². The molecule has 0 aliphatic rings. The molecule has 1 heterocycles. The zero-order chi connectivity index (χ0) is 13.6. The van der Waals surface area contributed by atoms with E-state index < -0.39 is 0 Å². The number of hydrogen-bond donors (Lipinski definition) is 0. The summed E-state index contributed by atoms with van der Waals surface area (Å²) < 4.78 is 7.25. The molecule has 0 N–H and O–H groups in total. The molecule has 0 unspecified atom stereocenters. The van der Waals surface area contributed by atoms with Crippen molar-refractivity contribution in [1.82, 2.24) is 14.9 Å². The van der Waals surface area contributed by atoms with Gasteiger partial charge >= 0.3 is 0 Å². The monoisotopic (exact) mass is 264 g/mol. The predicted molar refractivity (Wildman–Crippen MR) is 76.0 cm³/mol. The van der Waals surface area contributed by atoms with Crippen LogP contribution >= 0.6 is 0 Å². The number of benzene rings is 2. The van der Waals surface area contributed by atoms with Crippen LogP contribution in [-0.4, -0.2) is 21.1 Å². The molecule has 0 aliphatic heterocycles. The van der Waals surface area contributed by atoms with Gasteiger partial charge in [-0.2, -0.15) is 5.10 Å². The lowest BCUT2D eigenvalue weighted by Crippen LogP contribution is -1.88. The fourth-order valence-electron chi connectivity index (χ4n) is 1.63. The van der Waals surface area contributed by atoms with Crippen LogP contribution in [0.15, 0.2) is 72.4 Å². The summed E-state index contributed by atoms with van der Waals surface area (Å²) in [6, 6.07) is 17.4. The molecular weight excluding hydrogens is 252 g/mol. The summed E-state index contributed by atoms with van der Waals surface area (Å²) in [7, 11) is 0. The molecule has 5 heteroatoms. The van der Waals surface area contributed by atoms with Crippen LogP contribution in [0.25, 0.3) is 0 Å². The highest BCUT2D eigenvalue weighted by atomic mass is 16.5. The Morgan fingerprint density at radius 3 is 2.20 bits per heavy atom. The van der Waals surface area contributed by atoms with Crippen molar-refractivity contribution in [2.45, 2.75) is 0 Å². The van der Waals surface area contributed by atoms with Crippen molar-refractivity contribution < 1.29 is 4.74 Å². The Bertz CT molecular complexity index is 676. The van der Waals surface area contributed by atoms with Crippen LogP contribution in [0.2, 0.25) is 0 Å². The van der Waals surface area contributed by atoms with Crippen LogP contribution in [0.1, 0.15) is 5.56 Å². The summed E-state index contributed by atoms with van der Waals surface area (Å²) in [4.78, 5) is 0. The Labute approximate surface area is 116 Å². The number of aromatic nitrogens is 3. The minimum absolute atomic E-state index is 0.789. The van der Waals surface area contributed by atoms with E-state index in [-0.39, 0.29) is 0 Å². The highest BCUT2D eigenvalue weighted by molar-refractivity contribution is 5.79. The van der Waals surface area contributed by atoms with Crippen LogP contribution in [0.3, 0.4) is 0 Å². The Morgan fingerprint density at radius 1 is 0.850 bits per heavy atom. The third-order valence-corrected chi connectivity index (χ3v) is 2.61. The van der Waals surface area contributed by atoms with Gasteiger partial charge in [-0.3, -0.25) is 0 Å². The molecule has 1 aromatic heterocycles. The van der Waals surface area contributed by atoms with Gasteiger partial charge in [-0.25, -0.2) is 4.68 Å². The lowest BCUT2D eigenvalue weighted by Gasteiger charge is -2.05. The first-order chi connectivity index (χ1) is 9.90. The fourth-order valence-corrected chi connectivity index (χ4v) is 1.63. The van der Waals surface area contributed by atoms with Crippen LogP contribution in [0, 0.1) is 0 Å². The summed E-state index contributed by atoms with van der Waals surface area (Å²) in [5, 5.41) is 11.5. The molecule has 0 atom stereocenters. The van der Waals surface area contributed by atoms with Gasteiger partial charge in [0.1, 0.15) is 24.2 Å². The molecular formula is C15H12N4O. The molecule has 0 spiro atoms. The molecule has 0 radical (unpaired) electrons. The normalized spacial score (nSPS) is 10.8. The second-order valence-corrected chi connectivity index (χ2v) is 4.07. The highest BCUT2D eigenvalue weighted by Crippen LogP contribution is 2.20. The molecule has 20 heavy (non-hydrogen) atoms. The van der Waals surface area contributed by atoms with Crippen LogP contribution < -0.4 is 4.74 Å².